The number of nitrogens with zero attached hydrogens (tertiary/aromatic N) is 2. The van der Waals surface area contributed by atoms with Crippen LogP contribution in [0.15, 0.2) is 42.7 Å². The maximum Gasteiger partial charge on any atom is 0.227 e. The molecule has 1 saturated heterocycles. The molecule has 1 aliphatic heterocycles. The molecule has 1 aliphatic rings. The number of H-pyrrole nitrogens is 1. The van der Waals surface area contributed by atoms with Crippen LogP contribution in [0.2, 0.25) is 0 Å². The molecule has 0 spiro atoms. The third-order valence-electron chi connectivity index (χ3n) is 4.66. The molecule has 2 heterocycles. The van der Waals surface area contributed by atoms with Crippen molar-refractivity contribution in [1.82, 2.24) is 14.8 Å². The molecule has 1 aromatic heterocycles. The highest BCUT2D eigenvalue weighted by Crippen LogP contribution is 2.11. The van der Waals surface area contributed by atoms with Crippen molar-refractivity contribution in [2.75, 3.05) is 26.2 Å². The largest absolute Gasteiger partial charge is 0.367 e. The molecule has 1 N–H and O–H groups in total. The quantitative estimate of drug-likeness (QED) is 0.928. The van der Waals surface area contributed by atoms with E-state index in [1.54, 1.807) is 0 Å². The minimum absolute atomic E-state index is 0.132. The van der Waals surface area contributed by atoms with E-state index in [-0.39, 0.29) is 11.8 Å². The number of amides is 2. The number of carbonyl (C=O) groups excluding carboxylic acids is 2. The summed E-state index contributed by atoms with van der Waals surface area (Å²) in [5, 5.41) is 0. The summed E-state index contributed by atoms with van der Waals surface area (Å²) in [4.78, 5) is 31.8. The van der Waals surface area contributed by atoms with Crippen molar-refractivity contribution in [1.29, 1.82) is 0 Å². The summed E-state index contributed by atoms with van der Waals surface area (Å²) in [7, 11) is 0. The van der Waals surface area contributed by atoms with E-state index < -0.39 is 0 Å². The van der Waals surface area contributed by atoms with Crippen molar-refractivity contribution in [3.63, 3.8) is 0 Å². The van der Waals surface area contributed by atoms with E-state index in [2.05, 4.69) is 11.1 Å². The maximum atomic E-state index is 12.6. The number of benzene rings is 1. The van der Waals surface area contributed by atoms with Gasteiger partial charge in [0.1, 0.15) is 0 Å². The summed E-state index contributed by atoms with van der Waals surface area (Å²) in [6.45, 7) is 4.70. The summed E-state index contributed by atoms with van der Waals surface area (Å²) in [6.07, 6.45) is 5.36. The zero-order valence-electron chi connectivity index (χ0n) is 14.7. The van der Waals surface area contributed by atoms with E-state index in [9.17, 15) is 9.59 Å². The predicted octanol–water partition coefficient (Wildman–Crippen LogP) is 2.17. The van der Waals surface area contributed by atoms with Crippen molar-refractivity contribution in [2.45, 2.75) is 26.2 Å². The average Bonchev–Trinajstić information content (AvgIpc) is 2.95. The molecule has 1 aromatic carbocycles. The second-order valence-corrected chi connectivity index (χ2v) is 6.68. The fraction of sp³-hybridized carbons (Fsp3) is 0.400. The Morgan fingerprint density at radius 3 is 2.24 bits per heavy atom. The molecule has 132 valence electrons. The monoisotopic (exact) mass is 339 g/mol. The van der Waals surface area contributed by atoms with Gasteiger partial charge in [-0.3, -0.25) is 9.59 Å². The van der Waals surface area contributed by atoms with Crippen LogP contribution in [0, 0.1) is 6.92 Å². The Labute approximate surface area is 148 Å². The molecule has 2 amide bonds. The number of rotatable bonds is 4. The number of aryl methyl sites for hydroxylation is 1. The van der Waals surface area contributed by atoms with Crippen molar-refractivity contribution in [3.8, 4) is 0 Å². The van der Waals surface area contributed by atoms with Crippen LogP contribution in [0.25, 0.3) is 0 Å². The van der Waals surface area contributed by atoms with Crippen LogP contribution in [0.5, 0.6) is 0 Å². The van der Waals surface area contributed by atoms with Crippen molar-refractivity contribution in [3.05, 3.63) is 59.4 Å². The fourth-order valence-corrected chi connectivity index (χ4v) is 3.28. The molecule has 25 heavy (non-hydrogen) atoms. The first kappa shape index (κ1) is 17.3. The molecule has 2 aromatic rings. The Bertz CT molecular complexity index is 724. The van der Waals surface area contributed by atoms with E-state index in [4.69, 9.17) is 0 Å². The lowest BCUT2D eigenvalue weighted by molar-refractivity contribution is -0.132. The van der Waals surface area contributed by atoms with Crippen LogP contribution in [0.4, 0.5) is 0 Å². The van der Waals surface area contributed by atoms with Crippen LogP contribution in [0.3, 0.4) is 0 Å². The molecule has 5 nitrogen and oxygen atoms in total. The lowest BCUT2D eigenvalue weighted by Crippen LogP contribution is -2.38. The van der Waals surface area contributed by atoms with Gasteiger partial charge in [0, 0.05) is 38.6 Å². The number of nitrogens with one attached hydrogen (secondary N) is 1. The van der Waals surface area contributed by atoms with Crippen LogP contribution in [-0.2, 0) is 22.4 Å². The number of hydrogen-bond donors (Lipinski definition) is 1. The van der Waals surface area contributed by atoms with E-state index in [1.807, 2.05) is 53.4 Å². The number of aromatic amines is 1. The minimum Gasteiger partial charge on any atom is -0.367 e. The molecular formula is C20H25N3O2. The van der Waals surface area contributed by atoms with Crippen LogP contribution in [0.1, 0.15) is 23.1 Å². The van der Waals surface area contributed by atoms with E-state index in [0.29, 0.717) is 25.9 Å². The smallest absolute Gasteiger partial charge is 0.227 e. The summed E-state index contributed by atoms with van der Waals surface area (Å²) in [6, 6.07) is 10.0. The lowest BCUT2D eigenvalue weighted by atomic mass is 10.1. The third kappa shape index (κ3) is 4.72. The first-order chi connectivity index (χ1) is 12.1. The van der Waals surface area contributed by atoms with Gasteiger partial charge in [-0.15, -0.1) is 0 Å². The second kappa shape index (κ2) is 8.01. The van der Waals surface area contributed by atoms with Crippen LogP contribution < -0.4 is 0 Å². The van der Waals surface area contributed by atoms with Gasteiger partial charge >= 0.3 is 0 Å². The molecule has 3 rings (SSSR count). The molecule has 1 fully saturated rings. The van der Waals surface area contributed by atoms with Gasteiger partial charge in [0.15, 0.2) is 0 Å². The molecule has 0 aliphatic carbocycles. The van der Waals surface area contributed by atoms with Crippen molar-refractivity contribution >= 4 is 11.8 Å². The van der Waals surface area contributed by atoms with Crippen molar-refractivity contribution < 1.29 is 9.59 Å². The SMILES string of the molecule is Cc1cccc(CC(=O)N2CCCN(C(=O)Cc3cc[nH]c3)CC2)c1. The fourth-order valence-electron chi connectivity index (χ4n) is 3.28. The number of carbonyl (C=O) groups is 2. The normalized spacial score (nSPS) is 15.1. The predicted molar refractivity (Wildman–Crippen MR) is 97.2 cm³/mol. The van der Waals surface area contributed by atoms with E-state index in [0.717, 1.165) is 30.6 Å². The molecule has 5 heteroatoms. The summed E-state index contributed by atoms with van der Waals surface area (Å²) in [5.41, 5.74) is 3.22. The second-order valence-electron chi connectivity index (χ2n) is 6.68. The van der Waals surface area contributed by atoms with Gasteiger partial charge < -0.3 is 14.8 Å². The molecule has 0 saturated carbocycles. The Hall–Kier alpha value is -2.56. The van der Waals surface area contributed by atoms with Crippen LogP contribution in [-0.4, -0.2) is 52.8 Å². The molecule has 0 radical (unpaired) electrons. The Morgan fingerprint density at radius 2 is 1.64 bits per heavy atom. The Kier molecular flexibility index (Phi) is 5.53. The van der Waals surface area contributed by atoms with Gasteiger partial charge in [0.25, 0.3) is 0 Å². The average molecular weight is 339 g/mol. The van der Waals surface area contributed by atoms with Gasteiger partial charge in [-0.1, -0.05) is 29.8 Å². The van der Waals surface area contributed by atoms with Gasteiger partial charge in [-0.25, -0.2) is 0 Å². The molecule has 0 atom stereocenters. The summed E-state index contributed by atoms with van der Waals surface area (Å²) in [5.74, 6) is 0.276. The van der Waals surface area contributed by atoms with Gasteiger partial charge in [-0.2, -0.15) is 0 Å². The third-order valence-corrected chi connectivity index (χ3v) is 4.66. The van der Waals surface area contributed by atoms with Gasteiger partial charge in [0.2, 0.25) is 11.8 Å². The first-order valence-electron chi connectivity index (χ1n) is 8.84. The zero-order chi connectivity index (χ0) is 17.6. The minimum atomic E-state index is 0.132. The molecule has 0 bridgehead atoms. The molecular weight excluding hydrogens is 314 g/mol. The Balaban J connectivity index is 1.54. The maximum absolute atomic E-state index is 12.6. The van der Waals surface area contributed by atoms with E-state index in [1.165, 1.54) is 5.56 Å². The Morgan fingerprint density at radius 1 is 0.960 bits per heavy atom. The lowest BCUT2D eigenvalue weighted by Gasteiger charge is -2.22. The highest BCUT2D eigenvalue weighted by Gasteiger charge is 2.22. The highest BCUT2D eigenvalue weighted by atomic mass is 16.2. The van der Waals surface area contributed by atoms with Gasteiger partial charge in [0.05, 0.1) is 12.8 Å². The molecule has 0 unspecified atom stereocenters. The number of aromatic nitrogens is 1. The highest BCUT2D eigenvalue weighted by molar-refractivity contribution is 5.80. The standard InChI is InChI=1S/C20H25N3O2/c1-16-4-2-5-17(12-16)13-19(24)22-8-3-9-23(11-10-22)20(25)14-18-6-7-21-15-18/h2,4-7,12,15,21H,3,8-11,13-14H2,1H3. The number of hydrogen-bond acceptors (Lipinski definition) is 2. The van der Waals surface area contributed by atoms with Gasteiger partial charge in [-0.05, 0) is 30.5 Å². The summed E-state index contributed by atoms with van der Waals surface area (Å²) < 4.78 is 0. The van der Waals surface area contributed by atoms with Crippen LogP contribution >= 0.6 is 0 Å². The van der Waals surface area contributed by atoms with E-state index >= 15 is 0 Å². The summed E-state index contributed by atoms with van der Waals surface area (Å²) >= 11 is 0. The zero-order valence-corrected chi connectivity index (χ0v) is 14.7. The first-order valence-corrected chi connectivity index (χ1v) is 8.84. The van der Waals surface area contributed by atoms with Crippen molar-refractivity contribution in [2.24, 2.45) is 0 Å². The topological polar surface area (TPSA) is 56.4 Å².